The zero-order chi connectivity index (χ0) is 44.6. The third kappa shape index (κ3) is 10.1. The number of benzene rings is 3. The smallest absolute Gasteiger partial charge is 0.417 e. The molecule has 4 N–H and O–H groups in total. The molecule has 13 nitrogen and oxygen atoms in total. The lowest BCUT2D eigenvalue weighted by Gasteiger charge is -2.43. The summed E-state index contributed by atoms with van der Waals surface area (Å²) in [6.45, 7) is 14.0. The SMILES string of the molecule is CC(C)c1cc(N2C(=S)N(c3ccc(C#N)c(C(F)(F)F)c3)C(=O)C2(C)C)ccc1OCCN1C[C@@H](C)N(CC(=O)Nc2cc(Cl)cc(NC3CCC(O)NC3=O)c2)C[C@H]1C. The van der Waals surface area contributed by atoms with Crippen molar-refractivity contribution < 1.29 is 37.4 Å². The molecule has 0 saturated carbocycles. The molecule has 3 saturated heterocycles. The first-order valence-corrected chi connectivity index (χ1v) is 20.9. The molecule has 3 aromatic carbocycles. The van der Waals surface area contributed by atoms with Crippen molar-refractivity contribution in [1.29, 1.82) is 5.26 Å². The summed E-state index contributed by atoms with van der Waals surface area (Å²) in [5.41, 5.74) is -0.508. The number of piperazine rings is 1. The number of aliphatic hydroxyl groups is 1. The summed E-state index contributed by atoms with van der Waals surface area (Å²) in [6, 6.07) is 14.8. The Balaban J connectivity index is 1.06. The number of hydrogen-bond acceptors (Lipinski definition) is 10. The van der Waals surface area contributed by atoms with Gasteiger partial charge in [-0.05, 0) is 119 Å². The molecule has 2 unspecified atom stereocenters. The van der Waals surface area contributed by atoms with Crippen molar-refractivity contribution in [2.45, 2.75) is 96.4 Å². The number of anilines is 4. The van der Waals surface area contributed by atoms with Gasteiger partial charge in [-0.2, -0.15) is 18.4 Å². The number of halogens is 4. The van der Waals surface area contributed by atoms with Crippen molar-refractivity contribution in [3.63, 3.8) is 0 Å². The van der Waals surface area contributed by atoms with E-state index in [0.717, 1.165) is 22.6 Å². The van der Waals surface area contributed by atoms with Crippen LogP contribution in [0.4, 0.5) is 35.9 Å². The van der Waals surface area contributed by atoms with E-state index in [1.165, 1.54) is 6.07 Å². The number of nitrogens with zero attached hydrogens (tertiary/aromatic N) is 5. The van der Waals surface area contributed by atoms with E-state index in [-0.39, 0.29) is 47.2 Å². The van der Waals surface area contributed by atoms with Crippen molar-refractivity contribution in [2.75, 3.05) is 53.2 Å². The first kappa shape index (κ1) is 45.5. The van der Waals surface area contributed by atoms with Gasteiger partial charge in [-0.3, -0.25) is 29.1 Å². The number of carbonyl (C=O) groups is 3. The molecule has 0 aliphatic carbocycles. The Morgan fingerprint density at radius 1 is 1.03 bits per heavy atom. The normalized spacial score (nSPS) is 22.3. The molecular formula is C43H50ClF3N8O5S. The molecule has 0 spiro atoms. The fourth-order valence-corrected chi connectivity index (χ4v) is 8.81. The molecule has 326 valence electrons. The highest BCUT2D eigenvalue weighted by molar-refractivity contribution is 7.81. The largest absolute Gasteiger partial charge is 0.492 e. The van der Waals surface area contributed by atoms with Crippen LogP contribution >= 0.6 is 23.8 Å². The molecule has 3 aromatic rings. The van der Waals surface area contributed by atoms with Gasteiger partial charge in [0.15, 0.2) is 5.11 Å². The Labute approximate surface area is 363 Å². The molecule has 0 bridgehead atoms. The summed E-state index contributed by atoms with van der Waals surface area (Å²) < 4.78 is 47.9. The van der Waals surface area contributed by atoms with Gasteiger partial charge in [0, 0.05) is 53.8 Å². The molecule has 0 aromatic heterocycles. The molecule has 61 heavy (non-hydrogen) atoms. The second-order valence-corrected chi connectivity index (χ2v) is 17.4. The number of hydrogen-bond donors (Lipinski definition) is 4. The van der Waals surface area contributed by atoms with Crippen LogP contribution in [0, 0.1) is 11.3 Å². The van der Waals surface area contributed by atoms with Crippen LogP contribution in [-0.2, 0) is 20.6 Å². The van der Waals surface area contributed by atoms with E-state index in [4.69, 9.17) is 28.6 Å². The van der Waals surface area contributed by atoms with Gasteiger partial charge in [0.1, 0.15) is 30.2 Å². The van der Waals surface area contributed by atoms with Crippen LogP contribution in [0.2, 0.25) is 5.02 Å². The van der Waals surface area contributed by atoms with E-state index >= 15 is 0 Å². The predicted octanol–water partition coefficient (Wildman–Crippen LogP) is 6.69. The van der Waals surface area contributed by atoms with Crippen LogP contribution in [-0.4, -0.2) is 100 Å². The zero-order valence-electron chi connectivity index (χ0n) is 34.8. The molecule has 18 heteroatoms. The third-order valence-corrected chi connectivity index (χ3v) is 11.9. The number of ether oxygens (including phenoxy) is 1. The number of nitrogens with one attached hydrogen (secondary N) is 3. The molecule has 3 aliphatic rings. The van der Waals surface area contributed by atoms with Crippen molar-refractivity contribution in [1.82, 2.24) is 15.1 Å². The number of carbonyl (C=O) groups excluding carboxylic acids is 3. The predicted molar refractivity (Wildman–Crippen MR) is 232 cm³/mol. The average molecular weight is 883 g/mol. The number of aliphatic hydroxyl groups excluding tert-OH is 1. The average Bonchev–Trinajstić information content (AvgIpc) is 3.35. The van der Waals surface area contributed by atoms with E-state index in [1.54, 1.807) is 49.1 Å². The molecule has 3 amide bonds. The highest BCUT2D eigenvalue weighted by Gasteiger charge is 2.51. The number of alkyl halides is 3. The van der Waals surface area contributed by atoms with E-state index in [2.05, 4.69) is 39.6 Å². The summed E-state index contributed by atoms with van der Waals surface area (Å²) in [6.07, 6.45) is -4.80. The highest BCUT2D eigenvalue weighted by Crippen LogP contribution is 2.41. The minimum absolute atomic E-state index is 0.00528. The van der Waals surface area contributed by atoms with Gasteiger partial charge in [-0.15, -0.1) is 0 Å². The van der Waals surface area contributed by atoms with Crippen molar-refractivity contribution in [3.05, 3.63) is 76.3 Å². The maximum atomic E-state index is 13.8. The number of thiocarbonyl (C=S) groups is 1. The zero-order valence-corrected chi connectivity index (χ0v) is 36.3. The van der Waals surface area contributed by atoms with Crippen LogP contribution in [0.3, 0.4) is 0 Å². The van der Waals surface area contributed by atoms with E-state index in [1.807, 2.05) is 26.0 Å². The maximum Gasteiger partial charge on any atom is 0.417 e. The molecule has 4 atom stereocenters. The van der Waals surface area contributed by atoms with Crippen LogP contribution in [0.25, 0.3) is 0 Å². The van der Waals surface area contributed by atoms with Gasteiger partial charge in [0.2, 0.25) is 11.8 Å². The molecule has 0 radical (unpaired) electrons. The topological polar surface area (TPSA) is 154 Å². The van der Waals surface area contributed by atoms with Gasteiger partial charge in [0.05, 0.1) is 29.4 Å². The molecule has 3 fully saturated rings. The number of rotatable bonds is 12. The third-order valence-electron chi connectivity index (χ3n) is 11.3. The standard InChI is InChI=1S/C43H50ClF3N8O5S/c1-24(2)33-18-32(55-41(61)54(40(59)42(55,5)6)31-8-7-27(20-48)34(19-31)43(45,46)47)9-11-36(33)60-14-13-52-21-26(4)53(22-25(52)3)23-38(57)50-30-16-28(44)15-29(17-30)49-35-10-12-37(56)51-39(35)58/h7-9,11,15-19,24-26,35,37,49,56H,10,12-14,21-23H2,1-6H3,(H,50,57)(H,51,58)/t25-,26-,35?,37?/m1/s1. The second kappa shape index (κ2) is 18.2. The van der Waals surface area contributed by atoms with Gasteiger partial charge in [0.25, 0.3) is 5.91 Å². The summed E-state index contributed by atoms with van der Waals surface area (Å²) in [4.78, 5) is 46.5. The van der Waals surface area contributed by atoms with Crippen molar-refractivity contribution in [2.24, 2.45) is 0 Å². The van der Waals surface area contributed by atoms with E-state index in [0.29, 0.717) is 66.9 Å². The Morgan fingerprint density at radius 3 is 2.38 bits per heavy atom. The monoisotopic (exact) mass is 882 g/mol. The maximum absolute atomic E-state index is 13.8. The summed E-state index contributed by atoms with van der Waals surface area (Å²) in [5, 5.41) is 27.9. The number of nitriles is 1. The van der Waals surface area contributed by atoms with Crippen LogP contribution in [0.1, 0.15) is 77.0 Å². The number of amides is 3. The minimum atomic E-state index is -4.80. The lowest BCUT2D eigenvalue weighted by atomic mass is 9.98. The Morgan fingerprint density at radius 2 is 1.70 bits per heavy atom. The van der Waals surface area contributed by atoms with Crippen molar-refractivity contribution in [3.8, 4) is 11.8 Å². The summed E-state index contributed by atoms with van der Waals surface area (Å²) in [7, 11) is 0. The van der Waals surface area contributed by atoms with Gasteiger partial charge >= 0.3 is 6.18 Å². The first-order valence-electron chi connectivity index (χ1n) is 20.1. The van der Waals surface area contributed by atoms with Crippen LogP contribution in [0.5, 0.6) is 5.75 Å². The molecule has 3 heterocycles. The summed E-state index contributed by atoms with van der Waals surface area (Å²) in [5.74, 6) is -0.361. The Bertz CT molecular complexity index is 2240. The second-order valence-electron chi connectivity index (χ2n) is 16.6. The van der Waals surface area contributed by atoms with Gasteiger partial charge < -0.3 is 30.7 Å². The Kier molecular flexibility index (Phi) is 13.6. The lowest BCUT2D eigenvalue weighted by molar-refractivity contribution is -0.137. The highest BCUT2D eigenvalue weighted by atomic mass is 35.5. The quantitative estimate of drug-likeness (QED) is 0.144. The van der Waals surface area contributed by atoms with E-state index in [9.17, 15) is 37.9 Å². The molecule has 6 rings (SSSR count). The first-order chi connectivity index (χ1) is 28.7. The van der Waals surface area contributed by atoms with E-state index < -0.39 is 41.0 Å². The lowest BCUT2D eigenvalue weighted by Crippen LogP contribution is -2.58. The van der Waals surface area contributed by atoms with Gasteiger partial charge in [-0.1, -0.05) is 25.4 Å². The van der Waals surface area contributed by atoms with Gasteiger partial charge in [-0.25, -0.2) is 0 Å². The molecule has 3 aliphatic heterocycles. The fraction of sp³-hybridized carbons (Fsp3) is 0.465. The van der Waals surface area contributed by atoms with Crippen molar-refractivity contribution >= 4 is 69.4 Å². The summed E-state index contributed by atoms with van der Waals surface area (Å²) >= 11 is 12.1. The fourth-order valence-electron chi connectivity index (χ4n) is 8.05. The van der Waals surface area contributed by atoms with Crippen LogP contribution in [0.15, 0.2) is 54.6 Å². The minimum Gasteiger partial charge on any atom is -0.492 e. The Hall–Kier alpha value is -4.99. The van der Waals surface area contributed by atoms with Crippen LogP contribution < -0.4 is 30.5 Å². The molecular weight excluding hydrogens is 833 g/mol. The number of piperidine rings is 1.